The Balaban J connectivity index is 1.70. The van der Waals surface area contributed by atoms with Crippen LogP contribution in [-0.2, 0) is 11.3 Å². The first-order valence-electron chi connectivity index (χ1n) is 8.18. The van der Waals surface area contributed by atoms with Gasteiger partial charge in [0.2, 0.25) is 5.91 Å². The van der Waals surface area contributed by atoms with Gasteiger partial charge in [0.1, 0.15) is 6.54 Å². The smallest absolute Gasteiger partial charge is 0.240 e. The molecule has 0 unspecified atom stereocenters. The van der Waals surface area contributed by atoms with Crippen molar-refractivity contribution < 1.29 is 9.90 Å². The molecule has 1 amide bonds. The number of hydrogen-bond acceptors (Lipinski definition) is 4. The minimum absolute atomic E-state index is 0.0780. The van der Waals surface area contributed by atoms with Crippen LogP contribution in [-0.4, -0.2) is 37.9 Å². The zero-order valence-electron chi connectivity index (χ0n) is 13.7. The molecule has 24 heavy (non-hydrogen) atoms. The number of carbonyl (C=O) groups is 1. The van der Waals surface area contributed by atoms with E-state index in [1.165, 1.54) is 0 Å². The van der Waals surface area contributed by atoms with Crippen LogP contribution < -0.4 is 5.32 Å². The number of nitrogens with zero attached hydrogens (tertiary/aromatic N) is 2. The van der Waals surface area contributed by atoms with Gasteiger partial charge in [0.15, 0.2) is 10.6 Å². The Morgan fingerprint density at radius 1 is 1.38 bits per heavy atom. The monoisotopic (exact) mass is 346 g/mol. The number of hydrogen-bond donors (Lipinski definition) is 3. The van der Waals surface area contributed by atoms with Crippen LogP contribution in [0, 0.1) is 11.7 Å². The van der Waals surface area contributed by atoms with Crippen LogP contribution in [0.2, 0.25) is 0 Å². The molecule has 0 bridgehead atoms. The lowest BCUT2D eigenvalue weighted by molar-refractivity contribution is -0.122. The number of nitrogens with one attached hydrogen (secondary N) is 2. The van der Waals surface area contributed by atoms with Crippen LogP contribution in [0.25, 0.3) is 11.4 Å². The van der Waals surface area contributed by atoms with E-state index in [1.54, 1.807) is 4.57 Å². The molecule has 7 heteroatoms. The fraction of sp³-hybridized carbons (Fsp3) is 0.471. The molecule has 3 rings (SSSR count). The summed E-state index contributed by atoms with van der Waals surface area (Å²) in [6.45, 7) is 2.38. The first-order chi connectivity index (χ1) is 11.5. The number of aryl methyl sites for hydroxylation is 1. The quantitative estimate of drug-likeness (QED) is 0.726. The maximum Gasteiger partial charge on any atom is 0.240 e. The second-order valence-corrected chi connectivity index (χ2v) is 6.90. The Morgan fingerprint density at radius 2 is 2.04 bits per heavy atom. The van der Waals surface area contributed by atoms with Gasteiger partial charge in [0.25, 0.3) is 0 Å². The number of rotatable bonds is 5. The summed E-state index contributed by atoms with van der Waals surface area (Å²) in [5, 5.41) is 20.1. The molecule has 0 spiro atoms. The summed E-state index contributed by atoms with van der Waals surface area (Å²) in [5.74, 6) is 0.455. The molecule has 0 atom stereocenters. The third kappa shape index (κ3) is 3.73. The predicted molar refractivity (Wildman–Crippen MR) is 94.0 cm³/mol. The van der Waals surface area contributed by atoms with Gasteiger partial charge >= 0.3 is 0 Å². The van der Waals surface area contributed by atoms with Crippen LogP contribution in [0.3, 0.4) is 0 Å². The van der Waals surface area contributed by atoms with E-state index in [9.17, 15) is 9.90 Å². The van der Waals surface area contributed by atoms with Gasteiger partial charge in [-0.3, -0.25) is 14.5 Å². The standard InChI is InChI=1S/C17H22N4O2S/c1-12-4-6-13(7-5-12)15-19-20-16(24)21(15)10-14(22)18-11-17(23)8-2-3-9-17/h4-7,23H,2-3,8-11H2,1H3,(H,18,22)(H,20,24). The van der Waals surface area contributed by atoms with Crippen LogP contribution in [0.4, 0.5) is 0 Å². The summed E-state index contributed by atoms with van der Waals surface area (Å²) in [7, 11) is 0. The molecule has 0 saturated heterocycles. The SMILES string of the molecule is Cc1ccc(-c2n[nH]c(=S)n2CC(=O)NCC2(O)CCCC2)cc1. The van der Waals surface area contributed by atoms with Crippen LogP contribution in [0.15, 0.2) is 24.3 Å². The van der Waals surface area contributed by atoms with Crippen molar-refractivity contribution in [2.45, 2.75) is 44.8 Å². The molecule has 0 radical (unpaired) electrons. The lowest BCUT2D eigenvalue weighted by atomic mass is 10.0. The average molecular weight is 346 g/mol. The number of H-pyrrole nitrogens is 1. The van der Waals surface area contributed by atoms with Crippen molar-refractivity contribution in [1.82, 2.24) is 20.1 Å². The Kier molecular flexibility index (Phi) is 4.82. The fourth-order valence-electron chi connectivity index (χ4n) is 3.06. The largest absolute Gasteiger partial charge is 0.388 e. The van der Waals surface area contributed by atoms with Crippen molar-refractivity contribution in [2.75, 3.05) is 6.54 Å². The van der Waals surface area contributed by atoms with E-state index in [1.807, 2.05) is 31.2 Å². The topological polar surface area (TPSA) is 82.9 Å². The molecule has 1 aliphatic carbocycles. The number of amides is 1. The van der Waals surface area contributed by atoms with Crippen molar-refractivity contribution in [2.24, 2.45) is 0 Å². The molecule has 3 N–H and O–H groups in total. The van der Waals surface area contributed by atoms with Gasteiger partial charge in [0.05, 0.1) is 5.60 Å². The lowest BCUT2D eigenvalue weighted by Gasteiger charge is -2.22. The van der Waals surface area contributed by atoms with E-state index >= 15 is 0 Å². The van der Waals surface area contributed by atoms with Crippen LogP contribution in [0.1, 0.15) is 31.2 Å². The van der Waals surface area contributed by atoms with Gasteiger partial charge in [-0.2, -0.15) is 5.10 Å². The number of aliphatic hydroxyl groups is 1. The van der Waals surface area contributed by atoms with Crippen molar-refractivity contribution in [3.05, 3.63) is 34.6 Å². The van der Waals surface area contributed by atoms with Crippen molar-refractivity contribution in [3.8, 4) is 11.4 Å². The van der Waals surface area contributed by atoms with E-state index in [2.05, 4.69) is 15.5 Å². The Hall–Kier alpha value is -1.99. The molecule has 1 heterocycles. The Bertz CT molecular complexity index is 773. The molecule has 0 aliphatic heterocycles. The number of benzene rings is 1. The highest BCUT2D eigenvalue weighted by Gasteiger charge is 2.31. The van der Waals surface area contributed by atoms with E-state index < -0.39 is 5.60 Å². The molecule has 1 saturated carbocycles. The zero-order valence-corrected chi connectivity index (χ0v) is 14.5. The molecule has 1 aromatic heterocycles. The molecule has 2 aromatic rings. The molecular formula is C17H22N4O2S. The summed E-state index contributed by atoms with van der Waals surface area (Å²) in [5.41, 5.74) is 1.30. The Morgan fingerprint density at radius 3 is 2.71 bits per heavy atom. The maximum absolute atomic E-state index is 12.3. The summed E-state index contributed by atoms with van der Waals surface area (Å²) in [4.78, 5) is 12.3. The van der Waals surface area contributed by atoms with E-state index in [0.29, 0.717) is 10.6 Å². The van der Waals surface area contributed by atoms with Gasteiger partial charge in [-0.1, -0.05) is 42.7 Å². The van der Waals surface area contributed by atoms with Gasteiger partial charge < -0.3 is 10.4 Å². The lowest BCUT2D eigenvalue weighted by Crippen LogP contribution is -2.42. The van der Waals surface area contributed by atoms with E-state index in [-0.39, 0.29) is 19.0 Å². The first-order valence-corrected chi connectivity index (χ1v) is 8.59. The first kappa shape index (κ1) is 16.9. The fourth-order valence-corrected chi connectivity index (χ4v) is 3.26. The normalized spacial score (nSPS) is 16.2. The summed E-state index contributed by atoms with van der Waals surface area (Å²) in [6.07, 6.45) is 3.51. The van der Waals surface area contributed by atoms with Gasteiger partial charge in [-0.05, 0) is 32.0 Å². The van der Waals surface area contributed by atoms with Crippen molar-refractivity contribution in [1.29, 1.82) is 0 Å². The maximum atomic E-state index is 12.3. The summed E-state index contributed by atoms with van der Waals surface area (Å²) < 4.78 is 2.08. The van der Waals surface area contributed by atoms with Crippen molar-refractivity contribution in [3.63, 3.8) is 0 Å². The number of aromatic amines is 1. The summed E-state index contributed by atoms with van der Waals surface area (Å²) >= 11 is 5.25. The highest BCUT2D eigenvalue weighted by atomic mass is 32.1. The average Bonchev–Trinajstić information content (AvgIpc) is 3.14. The zero-order chi connectivity index (χ0) is 17.2. The van der Waals surface area contributed by atoms with Gasteiger partial charge in [0, 0.05) is 12.1 Å². The number of aromatic nitrogens is 3. The molecule has 1 fully saturated rings. The molecule has 128 valence electrons. The predicted octanol–water partition coefficient (Wildman–Crippen LogP) is 2.34. The Labute approximate surface area is 145 Å². The summed E-state index contributed by atoms with van der Waals surface area (Å²) in [6, 6.07) is 7.89. The molecular weight excluding hydrogens is 324 g/mol. The third-order valence-corrected chi connectivity index (χ3v) is 4.83. The van der Waals surface area contributed by atoms with Crippen LogP contribution >= 0.6 is 12.2 Å². The highest BCUT2D eigenvalue weighted by Crippen LogP contribution is 2.28. The van der Waals surface area contributed by atoms with Crippen LogP contribution in [0.5, 0.6) is 0 Å². The second kappa shape index (κ2) is 6.86. The van der Waals surface area contributed by atoms with Crippen molar-refractivity contribution >= 4 is 18.1 Å². The van der Waals surface area contributed by atoms with Gasteiger partial charge in [-0.25, -0.2) is 0 Å². The van der Waals surface area contributed by atoms with E-state index in [0.717, 1.165) is 36.8 Å². The highest BCUT2D eigenvalue weighted by molar-refractivity contribution is 7.71. The molecule has 1 aromatic carbocycles. The third-order valence-electron chi connectivity index (χ3n) is 4.52. The second-order valence-electron chi connectivity index (χ2n) is 6.51. The minimum atomic E-state index is -0.757. The minimum Gasteiger partial charge on any atom is -0.388 e. The van der Waals surface area contributed by atoms with Gasteiger partial charge in [-0.15, -0.1) is 0 Å². The molecule has 1 aliphatic rings. The number of carbonyl (C=O) groups excluding carboxylic acids is 1. The molecule has 6 nitrogen and oxygen atoms in total. The van der Waals surface area contributed by atoms with E-state index in [4.69, 9.17) is 12.2 Å².